The second-order valence-corrected chi connectivity index (χ2v) is 8.75. The molecule has 0 unspecified atom stereocenters. The van der Waals surface area contributed by atoms with Crippen LogP contribution in [0.5, 0.6) is 0 Å². The fraction of sp³-hybridized carbons (Fsp3) is 0.321. The fourth-order valence-electron chi connectivity index (χ4n) is 4.47. The van der Waals surface area contributed by atoms with Gasteiger partial charge in [0.2, 0.25) is 11.8 Å². The highest BCUT2D eigenvalue weighted by atomic mass is 16.3. The Kier molecular flexibility index (Phi) is 7.98. The molecule has 1 aliphatic carbocycles. The van der Waals surface area contributed by atoms with Crippen LogP contribution in [-0.4, -0.2) is 30.3 Å². The molecule has 0 spiro atoms. The number of aryl methyl sites for hydroxylation is 1. The van der Waals surface area contributed by atoms with Crippen molar-refractivity contribution in [3.05, 3.63) is 89.9 Å². The van der Waals surface area contributed by atoms with Crippen molar-refractivity contribution in [3.63, 3.8) is 0 Å². The topological polar surface area (TPSA) is 91.7 Å². The van der Waals surface area contributed by atoms with Gasteiger partial charge in [0.1, 0.15) is 6.04 Å². The van der Waals surface area contributed by atoms with Crippen molar-refractivity contribution in [1.29, 1.82) is 0 Å². The number of hydrogen-bond donors (Lipinski definition) is 2. The lowest BCUT2D eigenvalue weighted by atomic mass is 10.0. The summed E-state index contributed by atoms with van der Waals surface area (Å²) in [5.41, 5.74) is 2.42. The van der Waals surface area contributed by atoms with Crippen LogP contribution in [-0.2, 0) is 16.0 Å². The van der Waals surface area contributed by atoms with Crippen molar-refractivity contribution in [2.24, 2.45) is 0 Å². The van der Waals surface area contributed by atoms with E-state index in [0.29, 0.717) is 11.3 Å². The molecule has 35 heavy (non-hydrogen) atoms. The molecule has 3 amide bonds. The maximum atomic E-state index is 13.7. The Balaban J connectivity index is 1.66. The molecule has 0 radical (unpaired) electrons. The molecule has 1 aliphatic rings. The number of rotatable bonds is 9. The number of anilines is 1. The molecule has 7 heteroatoms. The van der Waals surface area contributed by atoms with Gasteiger partial charge in [-0.25, -0.2) is 0 Å². The molecule has 0 aliphatic heterocycles. The number of amides is 3. The van der Waals surface area contributed by atoms with Crippen molar-refractivity contribution in [3.8, 4) is 0 Å². The van der Waals surface area contributed by atoms with Crippen molar-refractivity contribution >= 4 is 23.4 Å². The van der Waals surface area contributed by atoms with E-state index in [-0.39, 0.29) is 24.3 Å². The highest BCUT2D eigenvalue weighted by molar-refractivity contribution is 6.04. The van der Waals surface area contributed by atoms with E-state index < -0.39 is 17.9 Å². The van der Waals surface area contributed by atoms with Gasteiger partial charge in [0.25, 0.3) is 5.91 Å². The fourth-order valence-corrected chi connectivity index (χ4v) is 4.47. The molecule has 7 nitrogen and oxygen atoms in total. The lowest BCUT2D eigenvalue weighted by Gasteiger charge is -2.32. The van der Waals surface area contributed by atoms with Gasteiger partial charge in [-0.1, -0.05) is 62.2 Å². The average molecular weight is 474 g/mol. The Morgan fingerprint density at radius 2 is 1.69 bits per heavy atom. The van der Waals surface area contributed by atoms with Gasteiger partial charge >= 0.3 is 0 Å². The number of hydrogen-bond acceptors (Lipinski definition) is 4. The maximum Gasteiger partial charge on any atom is 0.287 e. The van der Waals surface area contributed by atoms with Crippen LogP contribution in [0.4, 0.5) is 5.69 Å². The molecular formula is C28H31N3O4. The Morgan fingerprint density at radius 1 is 0.971 bits per heavy atom. The number of furan rings is 1. The number of benzene rings is 2. The van der Waals surface area contributed by atoms with Crippen LogP contribution in [0.1, 0.15) is 60.3 Å². The minimum Gasteiger partial charge on any atom is -0.459 e. The van der Waals surface area contributed by atoms with Crippen molar-refractivity contribution in [2.75, 3.05) is 11.4 Å². The van der Waals surface area contributed by atoms with E-state index in [2.05, 4.69) is 17.6 Å². The molecule has 1 saturated carbocycles. The summed E-state index contributed by atoms with van der Waals surface area (Å²) in [6, 6.07) is 19.3. The summed E-state index contributed by atoms with van der Waals surface area (Å²) in [7, 11) is 0. The van der Waals surface area contributed by atoms with Gasteiger partial charge in [-0.15, -0.1) is 0 Å². The lowest BCUT2D eigenvalue weighted by Crippen LogP contribution is -2.49. The van der Waals surface area contributed by atoms with Crippen LogP contribution in [0.2, 0.25) is 0 Å². The minimum absolute atomic E-state index is 0.104. The predicted molar refractivity (Wildman–Crippen MR) is 134 cm³/mol. The second kappa shape index (κ2) is 11.5. The first-order valence-electron chi connectivity index (χ1n) is 12.1. The standard InChI is InChI=1S/C28H31N3O4/c1-2-20-14-16-23(17-15-20)31(25(32)19-29-27(33)24-13-8-18-35-24)26(21-9-4-3-5-10-21)28(34)30-22-11-6-7-12-22/h3-5,8-10,13-18,22,26H,2,6-7,11-12,19H2,1H3,(H,29,33)(H,30,34)/t26-/m0/s1. The van der Waals surface area contributed by atoms with Gasteiger partial charge in [0, 0.05) is 11.7 Å². The van der Waals surface area contributed by atoms with Gasteiger partial charge in [0.15, 0.2) is 5.76 Å². The van der Waals surface area contributed by atoms with Crippen LogP contribution in [0.3, 0.4) is 0 Å². The lowest BCUT2D eigenvalue weighted by molar-refractivity contribution is -0.126. The van der Waals surface area contributed by atoms with Crippen LogP contribution in [0.25, 0.3) is 0 Å². The van der Waals surface area contributed by atoms with Gasteiger partial charge in [0.05, 0.1) is 12.8 Å². The summed E-state index contributed by atoms with van der Waals surface area (Å²) in [6.45, 7) is 1.78. The van der Waals surface area contributed by atoms with E-state index >= 15 is 0 Å². The zero-order valence-corrected chi connectivity index (χ0v) is 19.9. The maximum absolute atomic E-state index is 13.7. The largest absolute Gasteiger partial charge is 0.459 e. The Morgan fingerprint density at radius 3 is 2.31 bits per heavy atom. The SMILES string of the molecule is CCc1ccc(N(C(=O)CNC(=O)c2ccco2)[C@H](C(=O)NC2CCCC2)c2ccccc2)cc1. The first-order chi connectivity index (χ1) is 17.1. The molecule has 1 atom stereocenters. The van der Waals surface area contributed by atoms with Gasteiger partial charge < -0.3 is 15.1 Å². The third-order valence-corrected chi connectivity index (χ3v) is 6.36. The van der Waals surface area contributed by atoms with E-state index in [0.717, 1.165) is 37.7 Å². The summed E-state index contributed by atoms with van der Waals surface area (Å²) in [4.78, 5) is 41.2. The summed E-state index contributed by atoms with van der Waals surface area (Å²) >= 11 is 0. The molecule has 2 N–H and O–H groups in total. The average Bonchev–Trinajstić information content (AvgIpc) is 3.61. The van der Waals surface area contributed by atoms with E-state index in [1.165, 1.54) is 17.2 Å². The van der Waals surface area contributed by atoms with E-state index in [4.69, 9.17) is 4.42 Å². The number of carbonyl (C=O) groups is 3. The molecule has 0 saturated heterocycles. The molecule has 1 fully saturated rings. The van der Waals surface area contributed by atoms with Crippen molar-refractivity contribution in [2.45, 2.75) is 51.1 Å². The minimum atomic E-state index is -0.878. The number of nitrogens with zero attached hydrogens (tertiary/aromatic N) is 1. The molecule has 3 aromatic rings. The quantitative estimate of drug-likeness (QED) is 0.482. The molecular weight excluding hydrogens is 442 g/mol. The molecule has 182 valence electrons. The zero-order chi connectivity index (χ0) is 24.6. The van der Waals surface area contributed by atoms with Gasteiger partial charge in [-0.3, -0.25) is 19.3 Å². The van der Waals surface area contributed by atoms with E-state index in [1.807, 2.05) is 54.6 Å². The van der Waals surface area contributed by atoms with Crippen molar-refractivity contribution in [1.82, 2.24) is 10.6 Å². The molecule has 0 bridgehead atoms. The summed E-state index contributed by atoms with van der Waals surface area (Å²) in [5, 5.41) is 5.78. The van der Waals surface area contributed by atoms with E-state index in [1.54, 1.807) is 6.07 Å². The molecule has 2 aromatic carbocycles. The third-order valence-electron chi connectivity index (χ3n) is 6.36. The number of nitrogens with one attached hydrogen (secondary N) is 2. The van der Waals surface area contributed by atoms with Crippen LogP contribution in [0.15, 0.2) is 77.4 Å². The smallest absolute Gasteiger partial charge is 0.287 e. The predicted octanol–water partition coefficient (Wildman–Crippen LogP) is 4.41. The summed E-state index contributed by atoms with van der Waals surface area (Å²) < 4.78 is 5.13. The monoisotopic (exact) mass is 473 g/mol. The van der Waals surface area contributed by atoms with Crippen molar-refractivity contribution < 1.29 is 18.8 Å². The molecule has 4 rings (SSSR count). The Bertz CT molecular complexity index is 1120. The molecule has 1 aromatic heterocycles. The highest BCUT2D eigenvalue weighted by Crippen LogP contribution is 2.29. The van der Waals surface area contributed by atoms with Crippen LogP contribution >= 0.6 is 0 Å². The number of carbonyl (C=O) groups excluding carboxylic acids is 3. The summed E-state index contributed by atoms with van der Waals surface area (Å²) in [5.74, 6) is -0.996. The first-order valence-corrected chi connectivity index (χ1v) is 12.1. The Labute approximate surface area is 205 Å². The van der Waals surface area contributed by atoms with Crippen LogP contribution < -0.4 is 15.5 Å². The summed E-state index contributed by atoms with van der Waals surface area (Å²) in [6.07, 6.45) is 6.30. The normalized spacial score (nSPS) is 14.3. The highest BCUT2D eigenvalue weighted by Gasteiger charge is 2.34. The Hall–Kier alpha value is -3.87. The second-order valence-electron chi connectivity index (χ2n) is 8.75. The van der Waals surface area contributed by atoms with Gasteiger partial charge in [-0.2, -0.15) is 0 Å². The third kappa shape index (κ3) is 5.98. The zero-order valence-electron chi connectivity index (χ0n) is 19.9. The van der Waals surface area contributed by atoms with Crippen LogP contribution in [0, 0.1) is 0 Å². The van der Waals surface area contributed by atoms with Gasteiger partial charge in [-0.05, 0) is 54.7 Å². The van der Waals surface area contributed by atoms with E-state index in [9.17, 15) is 14.4 Å². The first kappa shape index (κ1) is 24.3. The molecule has 1 heterocycles.